The molecule has 2 aromatic carbocycles. The van der Waals surface area contributed by atoms with E-state index in [1.54, 1.807) is 24.3 Å². The summed E-state index contributed by atoms with van der Waals surface area (Å²) in [6.07, 6.45) is 0. The molecule has 0 bridgehead atoms. The molecule has 0 aliphatic rings. The van der Waals surface area contributed by atoms with Crippen molar-refractivity contribution in [3.63, 3.8) is 0 Å². The number of benzene rings is 2. The van der Waals surface area contributed by atoms with Gasteiger partial charge in [-0.05, 0) is 30.3 Å². The summed E-state index contributed by atoms with van der Waals surface area (Å²) in [5, 5.41) is 13.6. The van der Waals surface area contributed by atoms with E-state index in [2.05, 4.69) is 5.32 Å². The molecule has 0 saturated heterocycles. The Labute approximate surface area is 126 Å². The molecule has 0 radical (unpaired) electrons. The Morgan fingerprint density at radius 2 is 1.91 bits per heavy atom. The average Bonchev–Trinajstić information content (AvgIpc) is 2.54. The zero-order chi connectivity index (χ0) is 16.1. The van der Waals surface area contributed by atoms with Crippen LogP contribution in [0.15, 0.2) is 42.5 Å². The number of hydrogen-bond acceptors (Lipinski definition) is 5. The third-order valence-electron chi connectivity index (χ3n) is 2.97. The minimum Gasteiger partial charge on any atom is -0.497 e. The Balaban J connectivity index is 2.24. The average molecular weight is 302 g/mol. The highest BCUT2D eigenvalue weighted by atomic mass is 16.6. The molecule has 0 heterocycles. The van der Waals surface area contributed by atoms with Crippen LogP contribution in [0.1, 0.15) is 10.4 Å². The van der Waals surface area contributed by atoms with Crippen LogP contribution in [0.25, 0.3) is 0 Å². The summed E-state index contributed by atoms with van der Waals surface area (Å²) in [6.45, 7) is 0. The summed E-state index contributed by atoms with van der Waals surface area (Å²) < 4.78 is 9.96. The second-order valence-electron chi connectivity index (χ2n) is 4.33. The maximum atomic E-state index is 12.2. The number of carbonyl (C=O) groups excluding carboxylic acids is 1. The van der Waals surface area contributed by atoms with Gasteiger partial charge in [0.2, 0.25) is 0 Å². The zero-order valence-electron chi connectivity index (χ0n) is 12.0. The normalized spacial score (nSPS) is 9.91. The van der Waals surface area contributed by atoms with Crippen molar-refractivity contribution < 1.29 is 19.2 Å². The number of ether oxygens (including phenoxy) is 2. The molecule has 0 aliphatic heterocycles. The Bertz CT molecular complexity index is 715. The van der Waals surface area contributed by atoms with Gasteiger partial charge in [0.15, 0.2) is 5.75 Å². The number of carbonyl (C=O) groups is 1. The van der Waals surface area contributed by atoms with Crippen LogP contribution in [0.2, 0.25) is 0 Å². The lowest BCUT2D eigenvalue weighted by molar-refractivity contribution is -0.385. The largest absolute Gasteiger partial charge is 0.497 e. The van der Waals surface area contributed by atoms with Crippen LogP contribution >= 0.6 is 0 Å². The number of methoxy groups -OCH3 is 2. The van der Waals surface area contributed by atoms with Crippen molar-refractivity contribution in [1.29, 1.82) is 0 Å². The van der Waals surface area contributed by atoms with Crippen LogP contribution in [0, 0.1) is 10.1 Å². The van der Waals surface area contributed by atoms with Gasteiger partial charge in [0.05, 0.1) is 19.1 Å². The maximum Gasteiger partial charge on any atom is 0.312 e. The smallest absolute Gasteiger partial charge is 0.312 e. The fraction of sp³-hybridized carbons (Fsp3) is 0.133. The lowest BCUT2D eigenvalue weighted by Crippen LogP contribution is -2.12. The molecule has 0 spiro atoms. The van der Waals surface area contributed by atoms with E-state index in [4.69, 9.17) is 9.47 Å². The van der Waals surface area contributed by atoms with Crippen LogP contribution in [-0.4, -0.2) is 25.1 Å². The van der Waals surface area contributed by atoms with Gasteiger partial charge in [0.25, 0.3) is 5.91 Å². The van der Waals surface area contributed by atoms with Crippen LogP contribution in [-0.2, 0) is 0 Å². The van der Waals surface area contributed by atoms with Crippen molar-refractivity contribution in [3.05, 3.63) is 58.1 Å². The predicted octanol–water partition coefficient (Wildman–Crippen LogP) is 2.86. The summed E-state index contributed by atoms with van der Waals surface area (Å²) in [4.78, 5) is 22.5. The van der Waals surface area contributed by atoms with Crippen molar-refractivity contribution in [3.8, 4) is 11.5 Å². The van der Waals surface area contributed by atoms with Gasteiger partial charge >= 0.3 is 5.69 Å². The molecule has 22 heavy (non-hydrogen) atoms. The minimum absolute atomic E-state index is 0.129. The fourth-order valence-electron chi connectivity index (χ4n) is 1.88. The molecular weight excluding hydrogens is 288 g/mol. The molecule has 2 rings (SSSR count). The molecule has 1 N–H and O–H groups in total. The summed E-state index contributed by atoms with van der Waals surface area (Å²) in [5.41, 5.74) is 0.476. The number of amides is 1. The van der Waals surface area contributed by atoms with Crippen molar-refractivity contribution in [2.24, 2.45) is 0 Å². The number of nitrogens with zero attached hydrogens (tertiary/aromatic N) is 1. The van der Waals surface area contributed by atoms with Crippen LogP contribution < -0.4 is 14.8 Å². The Kier molecular flexibility index (Phi) is 4.57. The maximum absolute atomic E-state index is 12.2. The highest BCUT2D eigenvalue weighted by Gasteiger charge is 2.16. The monoisotopic (exact) mass is 302 g/mol. The van der Waals surface area contributed by atoms with Crippen molar-refractivity contribution in [1.82, 2.24) is 0 Å². The third kappa shape index (κ3) is 3.32. The molecule has 0 atom stereocenters. The molecule has 0 unspecified atom stereocenters. The van der Waals surface area contributed by atoms with Crippen LogP contribution in [0.5, 0.6) is 11.5 Å². The first kappa shape index (κ1) is 15.3. The van der Waals surface area contributed by atoms with E-state index in [1.807, 2.05) is 0 Å². The van der Waals surface area contributed by atoms with E-state index in [1.165, 1.54) is 32.4 Å². The molecule has 2 aromatic rings. The third-order valence-corrected chi connectivity index (χ3v) is 2.97. The standard InChI is InChI=1S/C15H14N2O5/c1-21-12-5-3-4-10(8-12)15(18)16-11-6-7-14(22-2)13(9-11)17(19)20/h3-9H,1-2H3,(H,16,18). The number of nitrogens with one attached hydrogen (secondary N) is 1. The van der Waals surface area contributed by atoms with Gasteiger partial charge in [-0.25, -0.2) is 0 Å². The molecular formula is C15H14N2O5. The molecule has 0 aromatic heterocycles. The fourth-order valence-corrected chi connectivity index (χ4v) is 1.88. The second-order valence-corrected chi connectivity index (χ2v) is 4.33. The van der Waals surface area contributed by atoms with Gasteiger partial charge in [-0.3, -0.25) is 14.9 Å². The van der Waals surface area contributed by atoms with Gasteiger partial charge in [-0.1, -0.05) is 6.07 Å². The lowest BCUT2D eigenvalue weighted by Gasteiger charge is -2.08. The highest BCUT2D eigenvalue weighted by molar-refractivity contribution is 6.04. The summed E-state index contributed by atoms with van der Waals surface area (Å²) >= 11 is 0. The Morgan fingerprint density at radius 1 is 1.14 bits per heavy atom. The molecule has 0 fully saturated rings. The van der Waals surface area contributed by atoms with Gasteiger partial charge in [-0.15, -0.1) is 0 Å². The summed E-state index contributed by atoms with van der Waals surface area (Å²) in [5.74, 6) is 0.288. The van der Waals surface area contributed by atoms with E-state index >= 15 is 0 Å². The van der Waals surface area contributed by atoms with Gasteiger partial charge < -0.3 is 14.8 Å². The molecule has 1 amide bonds. The van der Waals surface area contributed by atoms with Crippen molar-refractivity contribution in [2.45, 2.75) is 0 Å². The summed E-state index contributed by atoms with van der Waals surface area (Å²) in [6, 6.07) is 10.8. The molecule has 0 saturated carbocycles. The van der Waals surface area contributed by atoms with E-state index in [-0.39, 0.29) is 11.4 Å². The molecule has 0 aliphatic carbocycles. The number of hydrogen-bond donors (Lipinski definition) is 1. The van der Waals surface area contributed by atoms with E-state index < -0.39 is 10.8 Å². The van der Waals surface area contributed by atoms with Crippen LogP contribution in [0.4, 0.5) is 11.4 Å². The SMILES string of the molecule is COc1cccc(C(=O)Nc2ccc(OC)c([N+](=O)[O-])c2)c1. The topological polar surface area (TPSA) is 90.7 Å². The summed E-state index contributed by atoms with van der Waals surface area (Å²) in [7, 11) is 2.85. The van der Waals surface area contributed by atoms with Crippen molar-refractivity contribution >= 4 is 17.3 Å². The van der Waals surface area contributed by atoms with Gasteiger partial charge in [-0.2, -0.15) is 0 Å². The molecule has 7 nitrogen and oxygen atoms in total. The first-order chi connectivity index (χ1) is 10.5. The number of anilines is 1. The van der Waals surface area contributed by atoms with E-state index in [0.717, 1.165) is 0 Å². The highest BCUT2D eigenvalue weighted by Crippen LogP contribution is 2.29. The van der Waals surface area contributed by atoms with Crippen molar-refractivity contribution in [2.75, 3.05) is 19.5 Å². The van der Waals surface area contributed by atoms with Gasteiger partial charge in [0, 0.05) is 17.3 Å². The molecule has 114 valence electrons. The number of nitro benzene ring substituents is 1. The number of nitro groups is 1. The quantitative estimate of drug-likeness (QED) is 0.677. The number of rotatable bonds is 5. The second kappa shape index (κ2) is 6.57. The van der Waals surface area contributed by atoms with E-state index in [9.17, 15) is 14.9 Å². The first-order valence-corrected chi connectivity index (χ1v) is 6.33. The predicted molar refractivity (Wildman–Crippen MR) is 80.6 cm³/mol. The zero-order valence-corrected chi connectivity index (χ0v) is 12.0. The van der Waals surface area contributed by atoms with E-state index in [0.29, 0.717) is 17.0 Å². The molecule has 7 heteroatoms. The Morgan fingerprint density at radius 3 is 2.55 bits per heavy atom. The lowest BCUT2D eigenvalue weighted by atomic mass is 10.2. The first-order valence-electron chi connectivity index (χ1n) is 6.33. The van der Waals surface area contributed by atoms with Crippen LogP contribution in [0.3, 0.4) is 0 Å². The van der Waals surface area contributed by atoms with Gasteiger partial charge in [0.1, 0.15) is 5.75 Å². The Hall–Kier alpha value is -3.09. The minimum atomic E-state index is -0.569.